The maximum atomic E-state index is 14.9. The van der Waals surface area contributed by atoms with E-state index in [0.717, 1.165) is 12.1 Å². The molecule has 0 aromatic heterocycles. The van der Waals surface area contributed by atoms with Crippen LogP contribution < -0.4 is 9.80 Å². The lowest BCUT2D eigenvalue weighted by molar-refractivity contribution is -0.143. The molecule has 9 nitrogen and oxygen atoms in total. The van der Waals surface area contributed by atoms with E-state index in [2.05, 4.69) is 0 Å². The number of carbonyl (C=O) groups is 3. The van der Waals surface area contributed by atoms with Crippen LogP contribution in [0, 0.1) is 11.6 Å². The van der Waals surface area contributed by atoms with Crippen LogP contribution in [0.15, 0.2) is 36.4 Å². The van der Waals surface area contributed by atoms with Gasteiger partial charge in [0.05, 0.1) is 31.1 Å². The van der Waals surface area contributed by atoms with Crippen molar-refractivity contribution in [2.24, 2.45) is 0 Å². The van der Waals surface area contributed by atoms with E-state index in [0.29, 0.717) is 0 Å². The van der Waals surface area contributed by atoms with E-state index >= 15 is 0 Å². The second-order valence-corrected chi connectivity index (χ2v) is 7.55. The number of ether oxygens (including phenoxy) is 3. The fraction of sp³-hybridized carbons (Fsp3) is 0.318. The Bertz CT molecular complexity index is 1110. The van der Waals surface area contributed by atoms with Gasteiger partial charge in [0.1, 0.15) is 24.3 Å². The minimum absolute atomic E-state index is 0.0363. The van der Waals surface area contributed by atoms with Crippen LogP contribution in [0.3, 0.4) is 0 Å². The Morgan fingerprint density at radius 2 is 1.45 bits per heavy atom. The van der Waals surface area contributed by atoms with E-state index in [-0.39, 0.29) is 48.8 Å². The molecule has 2 aliphatic heterocycles. The maximum absolute atomic E-state index is 14.9. The van der Waals surface area contributed by atoms with Crippen molar-refractivity contribution in [3.05, 3.63) is 48.0 Å². The predicted octanol–water partition coefficient (Wildman–Crippen LogP) is 2.84. The number of nitrogens with zero attached hydrogens (tertiary/aromatic N) is 2. The fourth-order valence-corrected chi connectivity index (χ4v) is 3.64. The highest BCUT2D eigenvalue weighted by Crippen LogP contribution is 2.33. The Balaban J connectivity index is 1.52. The first-order chi connectivity index (χ1) is 15.8. The third kappa shape index (κ3) is 4.58. The molecule has 0 radical (unpaired) electrons. The number of hydrogen-bond donors (Lipinski definition) is 1. The second-order valence-electron chi connectivity index (χ2n) is 7.55. The zero-order chi connectivity index (χ0) is 23.7. The van der Waals surface area contributed by atoms with Crippen molar-refractivity contribution in [2.75, 3.05) is 36.1 Å². The zero-order valence-electron chi connectivity index (χ0n) is 17.5. The predicted molar refractivity (Wildman–Crippen MR) is 111 cm³/mol. The van der Waals surface area contributed by atoms with Crippen LogP contribution in [0.4, 0.5) is 29.7 Å². The molecular formula is C22H20F2N2O7. The summed E-state index contributed by atoms with van der Waals surface area (Å²) in [5, 5.41) is 9.14. The van der Waals surface area contributed by atoms with Crippen molar-refractivity contribution in [2.45, 2.75) is 19.1 Å². The molecule has 2 aromatic carbocycles. The maximum Gasteiger partial charge on any atom is 0.414 e. The van der Waals surface area contributed by atoms with E-state index in [1.54, 1.807) is 0 Å². The van der Waals surface area contributed by atoms with Crippen LogP contribution in [0.5, 0.6) is 0 Å². The van der Waals surface area contributed by atoms with E-state index < -0.39 is 42.0 Å². The van der Waals surface area contributed by atoms with Crippen LogP contribution in [0.25, 0.3) is 11.1 Å². The third-order valence-electron chi connectivity index (χ3n) is 5.24. The van der Waals surface area contributed by atoms with Crippen molar-refractivity contribution in [1.82, 2.24) is 0 Å². The largest absolute Gasteiger partial charge is 0.462 e. The summed E-state index contributed by atoms with van der Waals surface area (Å²) in [5.41, 5.74) is 0.348. The Hall–Kier alpha value is -3.73. The third-order valence-corrected chi connectivity index (χ3v) is 5.24. The van der Waals surface area contributed by atoms with Gasteiger partial charge in [-0.2, -0.15) is 0 Å². The smallest absolute Gasteiger partial charge is 0.414 e. The minimum Gasteiger partial charge on any atom is -0.462 e. The molecule has 2 atom stereocenters. The average molecular weight is 462 g/mol. The van der Waals surface area contributed by atoms with Gasteiger partial charge < -0.3 is 19.3 Å². The van der Waals surface area contributed by atoms with Crippen molar-refractivity contribution in [3.8, 4) is 11.1 Å². The molecule has 0 aliphatic carbocycles. The quantitative estimate of drug-likeness (QED) is 0.520. The molecule has 0 bridgehead atoms. The molecule has 2 aliphatic rings. The first kappa shape index (κ1) is 22.5. The monoisotopic (exact) mass is 462 g/mol. The minimum atomic E-state index is -0.767. The first-order valence-electron chi connectivity index (χ1n) is 10.1. The van der Waals surface area contributed by atoms with Crippen molar-refractivity contribution < 1.29 is 42.5 Å². The molecule has 2 amide bonds. The Morgan fingerprint density at radius 3 is 1.88 bits per heavy atom. The number of cyclic esters (lactones) is 2. The zero-order valence-corrected chi connectivity index (χ0v) is 17.5. The van der Waals surface area contributed by atoms with Crippen molar-refractivity contribution in [3.63, 3.8) is 0 Å². The molecule has 0 unspecified atom stereocenters. The standard InChI is InChI=1S/C22H20F2N2O7/c1-12(28)31-11-16-9-26(22(30)33-16)14-3-5-18(20(24)7-14)17-4-2-13(6-19(17)23)25-8-15(10-27)32-21(25)29/h2-7,15-16,27H,8-11H2,1H3/t15-,16-/m1/s1. The van der Waals surface area contributed by atoms with Crippen LogP contribution in [-0.2, 0) is 19.0 Å². The van der Waals surface area contributed by atoms with E-state index in [1.807, 2.05) is 0 Å². The van der Waals surface area contributed by atoms with Gasteiger partial charge in [-0.05, 0) is 36.4 Å². The van der Waals surface area contributed by atoms with Crippen LogP contribution in [-0.4, -0.2) is 61.8 Å². The van der Waals surface area contributed by atoms with Crippen molar-refractivity contribution >= 4 is 29.5 Å². The van der Waals surface area contributed by atoms with Gasteiger partial charge in [0.15, 0.2) is 6.10 Å². The van der Waals surface area contributed by atoms with Gasteiger partial charge in [-0.1, -0.05) is 0 Å². The lowest BCUT2D eigenvalue weighted by atomic mass is 10.0. The SMILES string of the molecule is CC(=O)OC[C@H]1CN(c2ccc(-c3ccc(N4C[C@H](CO)OC4=O)cc3F)c(F)c2)C(=O)O1. The summed E-state index contributed by atoms with van der Waals surface area (Å²) in [6.45, 7) is 0.905. The lowest BCUT2D eigenvalue weighted by Crippen LogP contribution is -2.26. The number of carbonyl (C=O) groups excluding carboxylic acids is 3. The second kappa shape index (κ2) is 9.02. The summed E-state index contributed by atoms with van der Waals surface area (Å²) in [5.74, 6) is -2.04. The molecule has 2 fully saturated rings. The van der Waals surface area contributed by atoms with Crippen LogP contribution in [0.2, 0.25) is 0 Å². The molecule has 174 valence electrons. The van der Waals surface area contributed by atoms with E-state index in [9.17, 15) is 23.2 Å². The van der Waals surface area contributed by atoms with Gasteiger partial charge in [0, 0.05) is 18.1 Å². The van der Waals surface area contributed by atoms with Gasteiger partial charge in [-0.3, -0.25) is 14.6 Å². The fourth-order valence-electron chi connectivity index (χ4n) is 3.64. The van der Waals surface area contributed by atoms with Gasteiger partial charge in [0.2, 0.25) is 0 Å². The lowest BCUT2D eigenvalue weighted by Gasteiger charge is -2.16. The van der Waals surface area contributed by atoms with Gasteiger partial charge >= 0.3 is 18.2 Å². The van der Waals surface area contributed by atoms with E-state index in [4.69, 9.17) is 19.3 Å². The molecule has 11 heteroatoms. The average Bonchev–Trinajstić information content (AvgIpc) is 3.34. The molecule has 2 saturated heterocycles. The topological polar surface area (TPSA) is 106 Å². The number of amides is 2. The molecule has 1 N–H and O–H groups in total. The van der Waals surface area contributed by atoms with Crippen LogP contribution >= 0.6 is 0 Å². The molecule has 33 heavy (non-hydrogen) atoms. The molecular weight excluding hydrogens is 442 g/mol. The number of esters is 1. The Labute approximate surface area is 187 Å². The number of hydrogen-bond acceptors (Lipinski definition) is 7. The highest BCUT2D eigenvalue weighted by atomic mass is 19.1. The number of aliphatic hydroxyl groups is 1. The summed E-state index contributed by atoms with van der Waals surface area (Å²) in [6.07, 6.45) is -2.80. The molecule has 4 rings (SSSR count). The molecule has 0 spiro atoms. The number of halogens is 2. The summed E-state index contributed by atoms with van der Waals surface area (Å²) < 4.78 is 44.6. The summed E-state index contributed by atoms with van der Waals surface area (Å²) in [7, 11) is 0. The molecule has 2 heterocycles. The number of aliphatic hydroxyl groups excluding tert-OH is 1. The van der Waals surface area contributed by atoms with Crippen molar-refractivity contribution in [1.29, 1.82) is 0 Å². The van der Waals surface area contributed by atoms with Gasteiger partial charge in [-0.15, -0.1) is 0 Å². The molecule has 0 saturated carbocycles. The number of rotatable bonds is 6. The summed E-state index contributed by atoms with van der Waals surface area (Å²) in [6, 6.07) is 7.74. The normalized spacial score (nSPS) is 20.1. The highest BCUT2D eigenvalue weighted by molar-refractivity contribution is 5.91. The number of benzene rings is 2. The highest BCUT2D eigenvalue weighted by Gasteiger charge is 2.34. The summed E-state index contributed by atoms with van der Waals surface area (Å²) >= 11 is 0. The Kier molecular flexibility index (Phi) is 6.14. The van der Waals surface area contributed by atoms with Gasteiger partial charge in [0.25, 0.3) is 0 Å². The number of anilines is 2. The Morgan fingerprint density at radius 1 is 0.970 bits per heavy atom. The molecule has 2 aromatic rings. The van der Waals surface area contributed by atoms with E-state index in [1.165, 1.54) is 41.0 Å². The van der Waals surface area contributed by atoms with Crippen LogP contribution in [0.1, 0.15) is 6.92 Å². The first-order valence-corrected chi connectivity index (χ1v) is 10.1. The summed E-state index contributed by atoms with van der Waals surface area (Å²) in [4.78, 5) is 37.3. The van der Waals surface area contributed by atoms with Gasteiger partial charge in [-0.25, -0.2) is 18.4 Å².